The molecule has 2 N–H and O–H groups in total. The van der Waals surface area contributed by atoms with Crippen LogP contribution in [0.15, 0.2) is 65.9 Å². The van der Waals surface area contributed by atoms with Gasteiger partial charge < -0.3 is 15.4 Å². The van der Waals surface area contributed by atoms with Gasteiger partial charge in [-0.1, -0.05) is 42.5 Å². The van der Waals surface area contributed by atoms with Crippen molar-refractivity contribution < 1.29 is 14.3 Å². The van der Waals surface area contributed by atoms with E-state index in [1.54, 1.807) is 19.1 Å². The number of aryl methyl sites for hydroxylation is 1. The quantitative estimate of drug-likeness (QED) is 0.823. The van der Waals surface area contributed by atoms with Crippen LogP contribution >= 0.6 is 0 Å². The van der Waals surface area contributed by atoms with E-state index in [0.29, 0.717) is 11.4 Å². The van der Waals surface area contributed by atoms with Crippen molar-refractivity contribution in [2.45, 2.75) is 13.8 Å². The van der Waals surface area contributed by atoms with Crippen LogP contribution in [0.1, 0.15) is 18.1 Å². The molecule has 0 radical (unpaired) electrons. The fourth-order valence-corrected chi connectivity index (χ4v) is 2.64. The van der Waals surface area contributed by atoms with Crippen LogP contribution < -0.4 is 10.6 Å². The van der Waals surface area contributed by atoms with Crippen LogP contribution in [0.25, 0.3) is 6.08 Å². The summed E-state index contributed by atoms with van der Waals surface area (Å²) in [6.07, 6.45) is 3.42. The van der Waals surface area contributed by atoms with Gasteiger partial charge in [-0.05, 0) is 43.2 Å². The largest absolute Gasteiger partial charge is 0.461 e. The molecule has 26 heavy (non-hydrogen) atoms. The van der Waals surface area contributed by atoms with E-state index in [-0.39, 0.29) is 23.8 Å². The lowest BCUT2D eigenvalue weighted by Crippen LogP contribution is -2.20. The number of carbonyl (C=O) groups excluding carboxylic acids is 2. The number of hydrogen-bond acceptors (Lipinski definition) is 4. The van der Waals surface area contributed by atoms with Crippen LogP contribution in [0.4, 0.5) is 11.4 Å². The summed E-state index contributed by atoms with van der Waals surface area (Å²) in [5.41, 5.74) is 3.55. The Kier molecular flexibility index (Phi) is 5.17. The van der Waals surface area contributed by atoms with Gasteiger partial charge in [0.15, 0.2) is 0 Å². The molecule has 5 heteroatoms. The average Bonchev–Trinajstić information content (AvgIpc) is 2.76. The van der Waals surface area contributed by atoms with Crippen LogP contribution in [0, 0.1) is 6.92 Å². The van der Waals surface area contributed by atoms with E-state index >= 15 is 0 Å². The summed E-state index contributed by atoms with van der Waals surface area (Å²) < 4.78 is 5.13. The van der Waals surface area contributed by atoms with Crippen LogP contribution in [-0.2, 0) is 14.3 Å². The van der Waals surface area contributed by atoms with E-state index in [9.17, 15) is 9.59 Å². The summed E-state index contributed by atoms with van der Waals surface area (Å²) in [5, 5.41) is 5.92. The number of anilines is 2. The van der Waals surface area contributed by atoms with E-state index in [2.05, 4.69) is 10.6 Å². The molecular formula is C21H20N2O3. The van der Waals surface area contributed by atoms with Gasteiger partial charge in [-0.2, -0.15) is 0 Å². The molecule has 0 saturated carbocycles. The number of fused-ring (bicyclic) bond motifs is 1. The van der Waals surface area contributed by atoms with Crippen molar-refractivity contribution in [3.63, 3.8) is 0 Å². The molecule has 1 aliphatic rings. The molecule has 2 aromatic carbocycles. The van der Waals surface area contributed by atoms with Crippen LogP contribution in [0.5, 0.6) is 0 Å². The van der Waals surface area contributed by atoms with E-state index < -0.39 is 5.97 Å². The second kappa shape index (κ2) is 7.70. The molecule has 0 aliphatic carbocycles. The lowest BCUT2D eigenvalue weighted by atomic mass is 10.1. The molecule has 1 heterocycles. The fraction of sp³-hybridized carbons (Fsp3) is 0.143. The van der Waals surface area contributed by atoms with Gasteiger partial charge in [-0.15, -0.1) is 0 Å². The van der Waals surface area contributed by atoms with E-state index in [1.165, 1.54) is 0 Å². The first-order chi connectivity index (χ1) is 12.6. The summed E-state index contributed by atoms with van der Waals surface area (Å²) in [6, 6.07) is 15.2. The molecular weight excluding hydrogens is 328 g/mol. The Labute approximate surface area is 152 Å². The lowest BCUT2D eigenvalue weighted by Gasteiger charge is -2.11. The molecule has 2 aromatic rings. The molecule has 0 bridgehead atoms. The highest BCUT2D eigenvalue weighted by atomic mass is 16.5. The zero-order chi connectivity index (χ0) is 18.5. The Morgan fingerprint density at radius 2 is 1.81 bits per heavy atom. The van der Waals surface area contributed by atoms with Crippen molar-refractivity contribution in [2.75, 3.05) is 17.2 Å². The molecule has 1 aliphatic heterocycles. The van der Waals surface area contributed by atoms with Gasteiger partial charge in [0, 0.05) is 0 Å². The summed E-state index contributed by atoms with van der Waals surface area (Å²) in [6.45, 7) is 3.89. The van der Waals surface area contributed by atoms with Gasteiger partial charge in [0.1, 0.15) is 5.70 Å². The van der Waals surface area contributed by atoms with Crippen molar-refractivity contribution in [3.8, 4) is 0 Å². The topological polar surface area (TPSA) is 67.4 Å². The Hall–Kier alpha value is -3.34. The minimum Gasteiger partial charge on any atom is -0.461 e. The highest BCUT2D eigenvalue weighted by molar-refractivity contribution is 6.15. The maximum atomic E-state index is 12.8. The molecule has 132 valence electrons. The standard InChI is InChI=1S/C21H20N2O3/c1-3-26-21(25)19-16(11-10-15-7-5-4-6-8-15)20(24)23-18-13-14(2)9-12-17(18)22-19/h4-13,22H,3H2,1-2H3,(H,23,24). The number of ether oxygens (including phenoxy) is 1. The highest BCUT2D eigenvalue weighted by Crippen LogP contribution is 2.29. The third-order valence-corrected chi connectivity index (χ3v) is 3.92. The van der Waals surface area contributed by atoms with Crippen molar-refractivity contribution in [2.24, 2.45) is 0 Å². The lowest BCUT2D eigenvalue weighted by molar-refractivity contribution is -0.138. The van der Waals surface area contributed by atoms with Crippen molar-refractivity contribution in [1.29, 1.82) is 0 Å². The minimum absolute atomic E-state index is 0.124. The predicted molar refractivity (Wildman–Crippen MR) is 103 cm³/mol. The third kappa shape index (κ3) is 3.83. The van der Waals surface area contributed by atoms with Crippen molar-refractivity contribution in [1.82, 2.24) is 0 Å². The molecule has 0 spiro atoms. The number of nitrogens with one attached hydrogen (secondary N) is 2. The normalized spacial score (nSPS) is 13.7. The second-order valence-electron chi connectivity index (χ2n) is 5.88. The zero-order valence-electron chi connectivity index (χ0n) is 14.7. The van der Waals surface area contributed by atoms with Crippen molar-refractivity contribution >= 4 is 29.3 Å². The molecule has 5 nitrogen and oxygen atoms in total. The first-order valence-corrected chi connectivity index (χ1v) is 8.42. The van der Waals surface area contributed by atoms with Crippen molar-refractivity contribution in [3.05, 3.63) is 77.0 Å². The molecule has 0 fully saturated rings. The smallest absolute Gasteiger partial charge is 0.355 e. The predicted octanol–water partition coefficient (Wildman–Crippen LogP) is 3.89. The highest BCUT2D eigenvalue weighted by Gasteiger charge is 2.25. The van der Waals surface area contributed by atoms with Crippen LogP contribution in [-0.4, -0.2) is 18.5 Å². The molecule has 0 unspecified atom stereocenters. The number of hydrogen-bond donors (Lipinski definition) is 2. The number of carbonyl (C=O) groups is 2. The fourth-order valence-electron chi connectivity index (χ4n) is 2.64. The van der Waals surface area contributed by atoms with Gasteiger partial charge >= 0.3 is 5.97 Å². The van der Waals surface area contributed by atoms with E-state index in [1.807, 2.05) is 55.5 Å². The van der Waals surface area contributed by atoms with Gasteiger partial charge in [-0.25, -0.2) is 4.79 Å². The zero-order valence-corrected chi connectivity index (χ0v) is 14.7. The van der Waals surface area contributed by atoms with Crippen LogP contribution in [0.3, 0.4) is 0 Å². The SMILES string of the molecule is CCOC(=O)C1=C(C=Cc2ccccc2)C(=O)Nc2cc(C)ccc2N1. The van der Waals surface area contributed by atoms with Gasteiger partial charge in [0.2, 0.25) is 0 Å². The maximum absolute atomic E-state index is 12.8. The van der Waals surface area contributed by atoms with Gasteiger partial charge in [-0.3, -0.25) is 4.79 Å². The maximum Gasteiger partial charge on any atom is 0.355 e. The van der Waals surface area contributed by atoms with Crippen LogP contribution in [0.2, 0.25) is 0 Å². The third-order valence-electron chi connectivity index (χ3n) is 3.92. The van der Waals surface area contributed by atoms with Gasteiger partial charge in [0.05, 0.1) is 23.6 Å². The molecule has 3 rings (SSSR count). The minimum atomic E-state index is -0.566. The Morgan fingerprint density at radius 3 is 2.54 bits per heavy atom. The number of esters is 1. The summed E-state index contributed by atoms with van der Waals surface area (Å²) in [4.78, 5) is 25.2. The van der Waals surface area contributed by atoms with E-state index in [4.69, 9.17) is 4.74 Å². The molecule has 0 aromatic heterocycles. The monoisotopic (exact) mass is 348 g/mol. The number of rotatable bonds is 4. The average molecular weight is 348 g/mol. The first-order valence-electron chi connectivity index (χ1n) is 8.42. The molecule has 0 atom stereocenters. The molecule has 0 saturated heterocycles. The number of benzene rings is 2. The second-order valence-corrected chi connectivity index (χ2v) is 5.88. The summed E-state index contributed by atoms with van der Waals surface area (Å²) >= 11 is 0. The summed E-state index contributed by atoms with van der Waals surface area (Å²) in [7, 11) is 0. The Balaban J connectivity index is 2.05. The van der Waals surface area contributed by atoms with E-state index in [0.717, 1.165) is 11.1 Å². The Morgan fingerprint density at radius 1 is 1.04 bits per heavy atom. The molecule has 1 amide bonds. The first kappa shape index (κ1) is 17.5. The number of amides is 1. The Bertz CT molecular complexity index is 899. The van der Waals surface area contributed by atoms with Gasteiger partial charge in [0.25, 0.3) is 5.91 Å². The summed E-state index contributed by atoms with van der Waals surface area (Å²) in [5.74, 6) is -0.930.